The molecule has 144 valence electrons. The molecule has 1 heterocycles. The number of carbonyl (C=O) groups is 1. The fourth-order valence-electron chi connectivity index (χ4n) is 4.20. The summed E-state index contributed by atoms with van der Waals surface area (Å²) in [5.41, 5.74) is 2.62. The van der Waals surface area contributed by atoms with Crippen LogP contribution in [-0.4, -0.2) is 30.4 Å². The number of piperidine rings is 1. The predicted octanol–water partition coefficient (Wildman–Crippen LogP) is 4.41. The second-order valence-electron chi connectivity index (χ2n) is 7.74. The molecular formula is C25H28N2O. The molecule has 3 heteroatoms. The molecule has 4 rings (SSSR count). The van der Waals surface area contributed by atoms with Crippen LogP contribution >= 0.6 is 0 Å². The zero-order valence-corrected chi connectivity index (χ0v) is 16.3. The summed E-state index contributed by atoms with van der Waals surface area (Å²) in [4.78, 5) is 15.1. The Morgan fingerprint density at radius 1 is 0.964 bits per heavy atom. The molecular weight excluding hydrogens is 344 g/mol. The third-order valence-corrected chi connectivity index (χ3v) is 5.71. The minimum Gasteiger partial charge on any atom is -0.355 e. The van der Waals surface area contributed by atoms with Crippen LogP contribution in [0.5, 0.6) is 0 Å². The third kappa shape index (κ3) is 4.60. The summed E-state index contributed by atoms with van der Waals surface area (Å²) in [5, 5.41) is 5.75. The fraction of sp³-hybridized carbons (Fsp3) is 0.320. The van der Waals surface area contributed by atoms with Gasteiger partial charge in [0.05, 0.1) is 5.92 Å². The number of rotatable bonds is 6. The van der Waals surface area contributed by atoms with E-state index in [2.05, 4.69) is 64.8 Å². The topological polar surface area (TPSA) is 32.3 Å². The van der Waals surface area contributed by atoms with Gasteiger partial charge in [0, 0.05) is 19.6 Å². The first kappa shape index (κ1) is 18.7. The van der Waals surface area contributed by atoms with Gasteiger partial charge in [0.2, 0.25) is 5.91 Å². The molecule has 1 aliphatic heterocycles. The Morgan fingerprint density at radius 3 is 2.64 bits per heavy atom. The monoisotopic (exact) mass is 372 g/mol. The largest absolute Gasteiger partial charge is 0.355 e. The van der Waals surface area contributed by atoms with Crippen LogP contribution < -0.4 is 5.32 Å². The van der Waals surface area contributed by atoms with Crippen molar-refractivity contribution in [3.8, 4) is 0 Å². The van der Waals surface area contributed by atoms with Crippen molar-refractivity contribution in [1.82, 2.24) is 10.2 Å². The van der Waals surface area contributed by atoms with Gasteiger partial charge in [-0.05, 0) is 47.7 Å². The smallest absolute Gasteiger partial charge is 0.224 e. The summed E-state index contributed by atoms with van der Waals surface area (Å²) < 4.78 is 0. The lowest BCUT2D eigenvalue weighted by Gasteiger charge is -2.32. The number of likely N-dealkylation sites (tertiary alicyclic amines) is 1. The van der Waals surface area contributed by atoms with E-state index in [1.54, 1.807) is 0 Å². The molecule has 1 aliphatic rings. The Balaban J connectivity index is 1.33. The average molecular weight is 373 g/mol. The average Bonchev–Trinajstić information content (AvgIpc) is 2.75. The van der Waals surface area contributed by atoms with E-state index >= 15 is 0 Å². The van der Waals surface area contributed by atoms with Crippen molar-refractivity contribution in [2.24, 2.45) is 5.92 Å². The number of fused-ring (bicyclic) bond motifs is 1. The molecule has 1 amide bonds. The third-order valence-electron chi connectivity index (χ3n) is 5.71. The van der Waals surface area contributed by atoms with Crippen LogP contribution in [0.2, 0.25) is 0 Å². The number of benzene rings is 3. The molecule has 0 radical (unpaired) electrons. The van der Waals surface area contributed by atoms with Crippen molar-refractivity contribution in [3.63, 3.8) is 0 Å². The summed E-state index contributed by atoms with van der Waals surface area (Å²) in [5.74, 6) is 0.304. The minimum absolute atomic E-state index is 0.0968. The zero-order valence-electron chi connectivity index (χ0n) is 16.3. The summed E-state index contributed by atoms with van der Waals surface area (Å²) in [6.07, 6.45) is 2.96. The quantitative estimate of drug-likeness (QED) is 0.695. The van der Waals surface area contributed by atoms with Gasteiger partial charge in [-0.2, -0.15) is 0 Å². The number of nitrogens with one attached hydrogen (secondary N) is 1. The van der Waals surface area contributed by atoms with Crippen LogP contribution in [0.15, 0.2) is 72.8 Å². The molecule has 0 aliphatic carbocycles. The highest BCUT2D eigenvalue weighted by Gasteiger charge is 2.25. The van der Waals surface area contributed by atoms with Gasteiger partial charge in [-0.15, -0.1) is 0 Å². The van der Waals surface area contributed by atoms with E-state index in [0.717, 1.165) is 38.9 Å². The Morgan fingerprint density at radius 2 is 1.75 bits per heavy atom. The molecule has 0 aromatic heterocycles. The molecule has 1 saturated heterocycles. The maximum absolute atomic E-state index is 12.7. The van der Waals surface area contributed by atoms with Gasteiger partial charge in [-0.3, -0.25) is 9.69 Å². The van der Waals surface area contributed by atoms with E-state index in [1.165, 1.54) is 21.9 Å². The number of nitrogens with zero attached hydrogens (tertiary/aromatic N) is 1. The highest BCUT2D eigenvalue weighted by atomic mass is 16.1. The summed E-state index contributed by atoms with van der Waals surface area (Å²) in [6, 6.07) is 25.4. The number of carbonyl (C=O) groups excluding carboxylic acids is 1. The first-order valence-corrected chi connectivity index (χ1v) is 10.3. The summed E-state index contributed by atoms with van der Waals surface area (Å²) in [6.45, 7) is 3.54. The number of hydrogen-bond acceptors (Lipinski definition) is 2. The molecule has 28 heavy (non-hydrogen) atoms. The van der Waals surface area contributed by atoms with Crippen molar-refractivity contribution >= 4 is 16.7 Å². The zero-order chi connectivity index (χ0) is 19.2. The molecule has 3 aromatic carbocycles. The maximum atomic E-state index is 12.7. The van der Waals surface area contributed by atoms with Gasteiger partial charge in [0.1, 0.15) is 0 Å². The SMILES string of the molecule is O=C(NCCc1ccccc1)C1CCCN(Cc2cccc3ccccc23)C1. The normalized spacial score (nSPS) is 17.5. The van der Waals surface area contributed by atoms with Crippen molar-refractivity contribution in [2.75, 3.05) is 19.6 Å². The molecule has 0 spiro atoms. The Bertz CT molecular complexity index is 917. The van der Waals surface area contributed by atoms with Crippen LogP contribution in [0.1, 0.15) is 24.0 Å². The molecule has 0 bridgehead atoms. The molecule has 1 fully saturated rings. The first-order valence-electron chi connectivity index (χ1n) is 10.3. The molecule has 3 nitrogen and oxygen atoms in total. The van der Waals surface area contributed by atoms with Gasteiger partial charge in [0.15, 0.2) is 0 Å². The standard InChI is InChI=1S/C25H28N2O/c28-25(26-16-15-20-8-2-1-3-9-20)23-13-7-17-27(19-23)18-22-12-6-11-21-10-4-5-14-24(21)22/h1-6,8-12,14,23H,7,13,15-19H2,(H,26,28). The van der Waals surface area contributed by atoms with Crippen LogP contribution in [0.4, 0.5) is 0 Å². The van der Waals surface area contributed by atoms with E-state index in [-0.39, 0.29) is 11.8 Å². The highest BCUT2D eigenvalue weighted by Crippen LogP contribution is 2.23. The van der Waals surface area contributed by atoms with Crippen LogP contribution in [0, 0.1) is 5.92 Å². The van der Waals surface area contributed by atoms with E-state index in [1.807, 2.05) is 18.2 Å². The fourth-order valence-corrected chi connectivity index (χ4v) is 4.20. The highest BCUT2D eigenvalue weighted by molar-refractivity contribution is 5.85. The lowest BCUT2D eigenvalue weighted by Crippen LogP contribution is -2.43. The van der Waals surface area contributed by atoms with Gasteiger partial charge >= 0.3 is 0 Å². The van der Waals surface area contributed by atoms with Crippen molar-refractivity contribution < 1.29 is 4.79 Å². The molecule has 1 N–H and O–H groups in total. The lowest BCUT2D eigenvalue weighted by molar-refractivity contribution is -0.126. The second-order valence-corrected chi connectivity index (χ2v) is 7.74. The van der Waals surface area contributed by atoms with Gasteiger partial charge < -0.3 is 5.32 Å². The van der Waals surface area contributed by atoms with E-state index in [4.69, 9.17) is 0 Å². The van der Waals surface area contributed by atoms with Crippen molar-refractivity contribution in [3.05, 3.63) is 83.9 Å². The van der Waals surface area contributed by atoms with E-state index in [0.29, 0.717) is 6.54 Å². The van der Waals surface area contributed by atoms with E-state index < -0.39 is 0 Å². The molecule has 0 saturated carbocycles. The second kappa shape index (κ2) is 9.03. The Kier molecular flexibility index (Phi) is 6.03. The van der Waals surface area contributed by atoms with Gasteiger partial charge in [-0.25, -0.2) is 0 Å². The molecule has 1 unspecified atom stereocenters. The van der Waals surface area contributed by atoms with Gasteiger partial charge in [-0.1, -0.05) is 72.8 Å². The molecule has 3 aromatic rings. The van der Waals surface area contributed by atoms with Crippen LogP contribution in [0.25, 0.3) is 10.8 Å². The van der Waals surface area contributed by atoms with Gasteiger partial charge in [0.25, 0.3) is 0 Å². The Hall–Kier alpha value is -2.65. The number of amides is 1. The van der Waals surface area contributed by atoms with Crippen molar-refractivity contribution in [1.29, 1.82) is 0 Å². The predicted molar refractivity (Wildman–Crippen MR) is 115 cm³/mol. The van der Waals surface area contributed by atoms with Crippen LogP contribution in [-0.2, 0) is 17.8 Å². The van der Waals surface area contributed by atoms with Crippen LogP contribution in [0.3, 0.4) is 0 Å². The minimum atomic E-state index is 0.0968. The van der Waals surface area contributed by atoms with E-state index in [9.17, 15) is 4.79 Å². The first-order chi connectivity index (χ1) is 13.8. The summed E-state index contributed by atoms with van der Waals surface area (Å²) >= 11 is 0. The maximum Gasteiger partial charge on any atom is 0.224 e. The lowest BCUT2D eigenvalue weighted by atomic mass is 9.96. The number of hydrogen-bond donors (Lipinski definition) is 1. The summed E-state index contributed by atoms with van der Waals surface area (Å²) in [7, 11) is 0. The molecule has 1 atom stereocenters. The van der Waals surface area contributed by atoms with Crippen molar-refractivity contribution in [2.45, 2.75) is 25.8 Å². The Labute approximate surface area is 167 Å².